The molecule has 2 atom stereocenters. The van der Waals surface area contributed by atoms with Crippen LogP contribution in [0.2, 0.25) is 5.02 Å². The molecule has 0 N–H and O–H groups in total. The highest BCUT2D eigenvalue weighted by Crippen LogP contribution is 2.31. The first kappa shape index (κ1) is 13.2. The number of hydrogen-bond acceptors (Lipinski definition) is 4. The summed E-state index contributed by atoms with van der Waals surface area (Å²) in [6, 6.07) is 3.59. The van der Waals surface area contributed by atoms with E-state index in [4.69, 9.17) is 16.3 Å². The highest BCUT2D eigenvalue weighted by Gasteiger charge is 2.37. The van der Waals surface area contributed by atoms with Crippen LogP contribution in [0.4, 0.5) is 0 Å². The molecule has 2 saturated heterocycles. The van der Waals surface area contributed by atoms with Gasteiger partial charge < -0.3 is 9.64 Å². The fraction of sp³-hybridized carbons (Fsp3) is 0.538. The highest BCUT2D eigenvalue weighted by molar-refractivity contribution is 8.00. The second-order valence-electron chi connectivity index (χ2n) is 4.70. The number of fused-ring (bicyclic) bond motifs is 1. The van der Waals surface area contributed by atoms with Gasteiger partial charge in [0.25, 0.3) is 5.91 Å². The Labute approximate surface area is 121 Å². The number of ether oxygens (including phenoxy) is 1. The molecule has 102 valence electrons. The van der Waals surface area contributed by atoms with Gasteiger partial charge in [0.2, 0.25) is 0 Å². The zero-order chi connectivity index (χ0) is 13.2. The molecule has 19 heavy (non-hydrogen) atoms. The molecular formula is C13H15ClN2O2S. The van der Waals surface area contributed by atoms with E-state index in [-0.39, 0.29) is 11.9 Å². The lowest BCUT2D eigenvalue weighted by atomic mass is 10.1. The van der Waals surface area contributed by atoms with Crippen molar-refractivity contribution in [1.29, 1.82) is 0 Å². The van der Waals surface area contributed by atoms with Crippen LogP contribution in [-0.2, 0) is 4.74 Å². The van der Waals surface area contributed by atoms with Gasteiger partial charge in [-0.2, -0.15) is 11.8 Å². The number of halogens is 1. The monoisotopic (exact) mass is 298 g/mol. The molecular weight excluding hydrogens is 284 g/mol. The quantitative estimate of drug-likeness (QED) is 0.796. The number of amides is 1. The van der Waals surface area contributed by atoms with Crippen molar-refractivity contribution in [2.45, 2.75) is 17.7 Å². The molecule has 2 aliphatic rings. The number of pyridine rings is 1. The fourth-order valence-corrected chi connectivity index (χ4v) is 4.07. The zero-order valence-corrected chi connectivity index (χ0v) is 12.0. The molecule has 1 aromatic heterocycles. The predicted octanol–water partition coefficient (Wildman–Crippen LogP) is 2.08. The Morgan fingerprint density at radius 3 is 3.32 bits per heavy atom. The number of carbonyl (C=O) groups is 1. The van der Waals surface area contributed by atoms with Crippen molar-refractivity contribution >= 4 is 29.3 Å². The van der Waals surface area contributed by atoms with Gasteiger partial charge in [0, 0.05) is 41.4 Å². The minimum absolute atomic E-state index is 0.0142. The molecule has 0 saturated carbocycles. The Morgan fingerprint density at radius 1 is 1.58 bits per heavy atom. The molecule has 1 aromatic rings. The van der Waals surface area contributed by atoms with Crippen LogP contribution in [0.5, 0.6) is 0 Å². The average Bonchev–Trinajstić information content (AvgIpc) is 2.46. The van der Waals surface area contributed by atoms with Crippen molar-refractivity contribution in [1.82, 2.24) is 9.88 Å². The predicted molar refractivity (Wildman–Crippen MR) is 75.8 cm³/mol. The topological polar surface area (TPSA) is 42.4 Å². The maximum Gasteiger partial charge on any atom is 0.272 e. The molecule has 0 aromatic carbocycles. The van der Waals surface area contributed by atoms with Crippen LogP contribution in [0.15, 0.2) is 18.3 Å². The Balaban J connectivity index is 1.82. The van der Waals surface area contributed by atoms with Crippen molar-refractivity contribution < 1.29 is 9.53 Å². The lowest BCUT2D eigenvalue weighted by Gasteiger charge is -2.43. The van der Waals surface area contributed by atoms with Crippen LogP contribution < -0.4 is 0 Å². The lowest BCUT2D eigenvalue weighted by Crippen LogP contribution is -2.54. The van der Waals surface area contributed by atoms with Crippen LogP contribution in [0, 0.1) is 0 Å². The number of rotatable bonds is 1. The van der Waals surface area contributed by atoms with Gasteiger partial charge in [0.1, 0.15) is 5.69 Å². The van der Waals surface area contributed by atoms with Crippen LogP contribution in [0.1, 0.15) is 16.9 Å². The van der Waals surface area contributed by atoms with E-state index in [1.165, 1.54) is 0 Å². The zero-order valence-electron chi connectivity index (χ0n) is 10.4. The summed E-state index contributed by atoms with van der Waals surface area (Å²) in [7, 11) is 0. The summed E-state index contributed by atoms with van der Waals surface area (Å²) in [5.74, 6) is 0.941. The summed E-state index contributed by atoms with van der Waals surface area (Å²) in [6.07, 6.45) is 2.49. The van der Waals surface area contributed by atoms with E-state index >= 15 is 0 Å². The number of hydrogen-bond donors (Lipinski definition) is 0. The first-order chi connectivity index (χ1) is 9.25. The first-order valence-electron chi connectivity index (χ1n) is 6.37. The summed E-state index contributed by atoms with van der Waals surface area (Å²) in [5.41, 5.74) is 0.435. The molecule has 4 nitrogen and oxygen atoms in total. The normalized spacial score (nSPS) is 26.9. The Morgan fingerprint density at radius 2 is 2.47 bits per heavy atom. The van der Waals surface area contributed by atoms with E-state index in [0.717, 1.165) is 31.9 Å². The molecule has 3 rings (SSSR count). The SMILES string of the molecule is O=C(c1cc(Cl)ccn1)N1CCSC2COCCC21. The second kappa shape index (κ2) is 5.69. The number of aromatic nitrogens is 1. The third-order valence-electron chi connectivity index (χ3n) is 3.54. The van der Waals surface area contributed by atoms with Crippen LogP contribution >= 0.6 is 23.4 Å². The Hall–Kier alpha value is -0.780. The lowest BCUT2D eigenvalue weighted by molar-refractivity contribution is 0.0315. The molecule has 0 spiro atoms. The van der Waals surface area contributed by atoms with Crippen LogP contribution in [-0.4, -0.2) is 52.6 Å². The minimum atomic E-state index is -0.0142. The summed E-state index contributed by atoms with van der Waals surface area (Å²) >= 11 is 7.83. The van der Waals surface area contributed by atoms with Crippen molar-refractivity contribution in [2.24, 2.45) is 0 Å². The average molecular weight is 299 g/mol. The molecule has 2 fully saturated rings. The number of nitrogens with zero attached hydrogens (tertiary/aromatic N) is 2. The van der Waals surface area contributed by atoms with Crippen molar-refractivity contribution in [3.8, 4) is 0 Å². The third kappa shape index (κ3) is 2.73. The standard InChI is InChI=1S/C13H15ClN2O2S/c14-9-1-3-15-10(7-9)13(17)16-4-6-19-12-8-18-5-2-11(12)16/h1,3,7,11-12H,2,4-6,8H2. The number of thioether (sulfide) groups is 1. The van der Waals surface area contributed by atoms with Gasteiger partial charge in [0.05, 0.1) is 6.61 Å². The van der Waals surface area contributed by atoms with E-state index < -0.39 is 0 Å². The van der Waals surface area contributed by atoms with E-state index in [2.05, 4.69) is 4.98 Å². The Kier molecular flexibility index (Phi) is 3.96. The van der Waals surface area contributed by atoms with Gasteiger partial charge in [-0.05, 0) is 18.6 Å². The smallest absolute Gasteiger partial charge is 0.272 e. The van der Waals surface area contributed by atoms with Crippen molar-refractivity contribution in [2.75, 3.05) is 25.5 Å². The van der Waals surface area contributed by atoms with Gasteiger partial charge in [-0.25, -0.2) is 0 Å². The molecule has 1 amide bonds. The third-order valence-corrected chi connectivity index (χ3v) is 5.07. The molecule has 0 bridgehead atoms. The molecule has 0 radical (unpaired) electrons. The van der Waals surface area contributed by atoms with E-state index in [9.17, 15) is 4.79 Å². The van der Waals surface area contributed by atoms with Gasteiger partial charge in [-0.3, -0.25) is 9.78 Å². The second-order valence-corrected chi connectivity index (χ2v) is 6.48. The molecule has 3 heterocycles. The Bertz CT molecular complexity index is 483. The van der Waals surface area contributed by atoms with Crippen molar-refractivity contribution in [3.63, 3.8) is 0 Å². The van der Waals surface area contributed by atoms with Crippen molar-refractivity contribution in [3.05, 3.63) is 29.0 Å². The summed E-state index contributed by atoms with van der Waals surface area (Å²) in [4.78, 5) is 18.6. The van der Waals surface area contributed by atoms with E-state index in [1.807, 2.05) is 16.7 Å². The van der Waals surface area contributed by atoms with E-state index in [1.54, 1.807) is 18.3 Å². The molecule has 0 aliphatic carbocycles. The summed E-state index contributed by atoms with van der Waals surface area (Å²) < 4.78 is 5.50. The summed E-state index contributed by atoms with van der Waals surface area (Å²) in [5, 5.41) is 0.943. The largest absolute Gasteiger partial charge is 0.380 e. The van der Waals surface area contributed by atoms with Gasteiger partial charge in [-0.15, -0.1) is 0 Å². The maximum atomic E-state index is 12.6. The van der Waals surface area contributed by atoms with Gasteiger partial charge in [0.15, 0.2) is 0 Å². The maximum absolute atomic E-state index is 12.6. The molecule has 2 aliphatic heterocycles. The minimum Gasteiger partial charge on any atom is -0.380 e. The first-order valence-corrected chi connectivity index (χ1v) is 7.80. The van der Waals surface area contributed by atoms with Crippen LogP contribution in [0.3, 0.4) is 0 Å². The number of carbonyl (C=O) groups excluding carboxylic acids is 1. The van der Waals surface area contributed by atoms with Crippen LogP contribution in [0.25, 0.3) is 0 Å². The highest BCUT2D eigenvalue weighted by atomic mass is 35.5. The van der Waals surface area contributed by atoms with E-state index in [0.29, 0.717) is 16.0 Å². The van der Waals surface area contributed by atoms with Gasteiger partial charge >= 0.3 is 0 Å². The molecule has 2 unspecified atom stereocenters. The fourth-order valence-electron chi connectivity index (χ4n) is 2.61. The molecule has 6 heteroatoms. The van der Waals surface area contributed by atoms with Gasteiger partial charge in [-0.1, -0.05) is 11.6 Å². The summed E-state index contributed by atoms with van der Waals surface area (Å²) in [6.45, 7) is 2.25.